The van der Waals surface area contributed by atoms with E-state index in [1.807, 2.05) is 0 Å². The number of hydrogen-bond donors (Lipinski definition) is 1. The topological polar surface area (TPSA) is 46.5 Å². The molecule has 68 valence electrons. The quantitative estimate of drug-likeness (QED) is 0.801. The van der Waals surface area contributed by atoms with Crippen LogP contribution in [0.5, 0.6) is 11.5 Å². The number of aromatic hydroxyl groups is 1. The Bertz CT molecular complexity index is 401. The molecule has 5 heteroatoms. The van der Waals surface area contributed by atoms with Gasteiger partial charge in [0.25, 0.3) is 0 Å². The summed E-state index contributed by atoms with van der Waals surface area (Å²) in [4.78, 5) is 11.3. The third-order valence-corrected chi connectivity index (χ3v) is 2.98. The van der Waals surface area contributed by atoms with Crippen LogP contribution in [0, 0.1) is 0 Å². The molecule has 0 radical (unpaired) electrons. The largest absolute Gasteiger partial charge is 0.506 e. The van der Waals surface area contributed by atoms with Gasteiger partial charge in [-0.3, -0.25) is 4.79 Å². The summed E-state index contributed by atoms with van der Waals surface area (Å²) in [5, 5.41) is 9.54. The second-order valence-corrected chi connectivity index (χ2v) is 4.31. The lowest BCUT2D eigenvalue weighted by molar-refractivity contribution is 0.0959. The van der Waals surface area contributed by atoms with Crippen LogP contribution in [0.4, 0.5) is 0 Å². The third-order valence-electron chi connectivity index (χ3n) is 1.79. The molecule has 1 N–H and O–H groups in total. The van der Waals surface area contributed by atoms with Crippen molar-refractivity contribution in [2.45, 2.75) is 0 Å². The Morgan fingerprint density at radius 1 is 1.38 bits per heavy atom. The number of benzene rings is 1. The summed E-state index contributed by atoms with van der Waals surface area (Å²) in [6.45, 7) is -0.00204. The first kappa shape index (κ1) is 9.02. The summed E-state index contributed by atoms with van der Waals surface area (Å²) < 4.78 is 6.25. The Hall–Kier alpha value is -0.550. The molecule has 0 spiro atoms. The number of Topliss-reactive ketones (excluding diaryl/α,β-unsaturated/α-hetero) is 1. The van der Waals surface area contributed by atoms with Crippen molar-refractivity contribution in [3.05, 3.63) is 20.6 Å². The Morgan fingerprint density at radius 3 is 2.77 bits per heavy atom. The van der Waals surface area contributed by atoms with Gasteiger partial charge in [-0.15, -0.1) is 0 Å². The smallest absolute Gasteiger partial charge is 0.207 e. The molecule has 0 saturated carbocycles. The van der Waals surface area contributed by atoms with Crippen LogP contribution in [0.1, 0.15) is 10.4 Å². The van der Waals surface area contributed by atoms with E-state index in [1.54, 1.807) is 6.07 Å². The standard InChI is InChI=1S/C8H4Br2O3/c9-3-1-4(10)8-6(7(3)12)5(11)2-13-8/h1,12H,2H2. The number of carbonyl (C=O) groups excluding carboxylic acids is 1. The van der Waals surface area contributed by atoms with Crippen molar-refractivity contribution in [2.75, 3.05) is 6.61 Å². The minimum atomic E-state index is -0.200. The van der Waals surface area contributed by atoms with E-state index in [2.05, 4.69) is 31.9 Å². The fourth-order valence-corrected chi connectivity index (χ4v) is 2.48. The lowest BCUT2D eigenvalue weighted by atomic mass is 10.1. The van der Waals surface area contributed by atoms with Gasteiger partial charge >= 0.3 is 0 Å². The van der Waals surface area contributed by atoms with E-state index in [0.29, 0.717) is 14.7 Å². The zero-order valence-electron chi connectivity index (χ0n) is 6.30. The minimum absolute atomic E-state index is 0.00204. The molecule has 1 aromatic rings. The number of ketones is 1. The van der Waals surface area contributed by atoms with Gasteiger partial charge in [-0.05, 0) is 37.9 Å². The number of rotatable bonds is 0. The molecule has 0 atom stereocenters. The Morgan fingerprint density at radius 2 is 2.08 bits per heavy atom. The van der Waals surface area contributed by atoms with E-state index in [9.17, 15) is 9.90 Å². The van der Waals surface area contributed by atoms with Crippen LogP contribution < -0.4 is 4.74 Å². The van der Waals surface area contributed by atoms with Crippen LogP contribution in [0.15, 0.2) is 15.0 Å². The van der Waals surface area contributed by atoms with E-state index in [-0.39, 0.29) is 23.7 Å². The molecule has 0 fully saturated rings. The zero-order valence-corrected chi connectivity index (χ0v) is 9.48. The van der Waals surface area contributed by atoms with E-state index in [1.165, 1.54) is 0 Å². The fraction of sp³-hybridized carbons (Fsp3) is 0.125. The van der Waals surface area contributed by atoms with Gasteiger partial charge in [0.2, 0.25) is 5.78 Å². The number of phenols is 1. The maximum absolute atomic E-state index is 11.3. The highest BCUT2D eigenvalue weighted by Gasteiger charge is 2.28. The van der Waals surface area contributed by atoms with E-state index < -0.39 is 0 Å². The van der Waals surface area contributed by atoms with Crippen LogP contribution in [-0.2, 0) is 0 Å². The van der Waals surface area contributed by atoms with Crippen LogP contribution >= 0.6 is 31.9 Å². The lowest BCUT2D eigenvalue weighted by Gasteiger charge is -2.04. The number of phenolic OH excluding ortho intramolecular Hbond substituents is 1. The summed E-state index contributed by atoms with van der Waals surface area (Å²) in [6.07, 6.45) is 0. The molecule has 0 amide bonds. The van der Waals surface area contributed by atoms with Crippen molar-refractivity contribution in [3.8, 4) is 11.5 Å². The summed E-state index contributed by atoms with van der Waals surface area (Å²) in [5.41, 5.74) is 0.251. The molecule has 1 aromatic carbocycles. The summed E-state index contributed by atoms with van der Waals surface area (Å²) >= 11 is 6.38. The number of halogens is 2. The molecule has 0 aliphatic carbocycles. The molecule has 1 aliphatic heterocycles. The monoisotopic (exact) mass is 306 g/mol. The first-order valence-electron chi connectivity index (χ1n) is 3.48. The summed E-state index contributed by atoms with van der Waals surface area (Å²) in [5.74, 6) is 0.168. The molecule has 3 nitrogen and oxygen atoms in total. The predicted molar refractivity (Wildman–Crippen MR) is 53.3 cm³/mol. The zero-order chi connectivity index (χ0) is 9.59. The van der Waals surface area contributed by atoms with Crippen molar-refractivity contribution in [1.29, 1.82) is 0 Å². The average molecular weight is 308 g/mol. The first-order chi connectivity index (χ1) is 6.11. The molecule has 1 heterocycles. The fourth-order valence-electron chi connectivity index (χ4n) is 1.20. The molecule has 0 bridgehead atoms. The summed E-state index contributed by atoms with van der Waals surface area (Å²) in [6, 6.07) is 1.65. The van der Waals surface area contributed by atoms with Crippen molar-refractivity contribution < 1.29 is 14.6 Å². The lowest BCUT2D eigenvalue weighted by Crippen LogP contribution is -1.99. The number of fused-ring (bicyclic) bond motifs is 1. The summed E-state index contributed by atoms with van der Waals surface area (Å²) in [7, 11) is 0. The SMILES string of the molecule is O=C1COc2c(Br)cc(Br)c(O)c21. The molecule has 1 aliphatic rings. The molecule has 13 heavy (non-hydrogen) atoms. The Balaban J connectivity index is 2.77. The molecule has 2 rings (SSSR count). The van der Waals surface area contributed by atoms with Gasteiger partial charge in [0, 0.05) is 0 Å². The maximum atomic E-state index is 11.3. The van der Waals surface area contributed by atoms with Crippen molar-refractivity contribution in [3.63, 3.8) is 0 Å². The van der Waals surface area contributed by atoms with E-state index >= 15 is 0 Å². The van der Waals surface area contributed by atoms with Gasteiger partial charge < -0.3 is 9.84 Å². The predicted octanol–water partition coefficient (Wildman–Crippen LogP) is 2.49. The van der Waals surface area contributed by atoms with Gasteiger partial charge in [-0.25, -0.2) is 0 Å². The highest BCUT2D eigenvalue weighted by molar-refractivity contribution is 9.11. The molecule has 0 saturated heterocycles. The number of hydrogen-bond acceptors (Lipinski definition) is 3. The van der Waals surface area contributed by atoms with Crippen LogP contribution in [0.3, 0.4) is 0 Å². The van der Waals surface area contributed by atoms with Gasteiger partial charge in [0.15, 0.2) is 6.61 Å². The molecule has 0 unspecified atom stereocenters. The minimum Gasteiger partial charge on any atom is -0.506 e. The molecule has 0 aromatic heterocycles. The van der Waals surface area contributed by atoms with Gasteiger partial charge in [-0.1, -0.05) is 0 Å². The number of carbonyl (C=O) groups is 1. The third kappa shape index (κ3) is 1.26. The van der Waals surface area contributed by atoms with Crippen LogP contribution in [-0.4, -0.2) is 17.5 Å². The molecular weight excluding hydrogens is 304 g/mol. The van der Waals surface area contributed by atoms with Crippen molar-refractivity contribution >= 4 is 37.6 Å². The van der Waals surface area contributed by atoms with Crippen molar-refractivity contribution in [1.82, 2.24) is 0 Å². The Kier molecular flexibility index (Phi) is 2.08. The van der Waals surface area contributed by atoms with E-state index in [4.69, 9.17) is 4.74 Å². The van der Waals surface area contributed by atoms with Crippen LogP contribution in [0.2, 0.25) is 0 Å². The average Bonchev–Trinajstić information content (AvgIpc) is 2.44. The highest BCUT2D eigenvalue weighted by Crippen LogP contribution is 2.43. The Labute approximate surface area is 91.0 Å². The first-order valence-corrected chi connectivity index (χ1v) is 5.07. The van der Waals surface area contributed by atoms with Gasteiger partial charge in [0.1, 0.15) is 17.1 Å². The van der Waals surface area contributed by atoms with Gasteiger partial charge in [0.05, 0.1) is 8.95 Å². The van der Waals surface area contributed by atoms with Crippen LogP contribution in [0.25, 0.3) is 0 Å². The van der Waals surface area contributed by atoms with E-state index in [0.717, 1.165) is 0 Å². The molecular formula is C8H4Br2O3. The highest BCUT2D eigenvalue weighted by atomic mass is 79.9. The number of ether oxygens (including phenoxy) is 1. The maximum Gasteiger partial charge on any atom is 0.207 e. The normalized spacial score (nSPS) is 14.2. The van der Waals surface area contributed by atoms with Gasteiger partial charge in [-0.2, -0.15) is 0 Å². The second-order valence-electron chi connectivity index (χ2n) is 2.60. The van der Waals surface area contributed by atoms with Crippen molar-refractivity contribution in [2.24, 2.45) is 0 Å². The second kappa shape index (κ2) is 2.99.